The van der Waals surface area contributed by atoms with E-state index in [4.69, 9.17) is 17.5 Å². The van der Waals surface area contributed by atoms with Gasteiger partial charge in [-0.05, 0) is 61.0 Å². The second kappa shape index (κ2) is 5.80. The smallest absolute Gasteiger partial charge is 0.171 e. The van der Waals surface area contributed by atoms with Crippen molar-refractivity contribution >= 4 is 23.0 Å². The first kappa shape index (κ1) is 13.4. The van der Waals surface area contributed by atoms with Crippen LogP contribution in [0.1, 0.15) is 31.2 Å². The van der Waals surface area contributed by atoms with Gasteiger partial charge in [-0.1, -0.05) is 18.6 Å². The van der Waals surface area contributed by atoms with Crippen LogP contribution >= 0.6 is 12.2 Å². The Labute approximate surface area is 125 Å². The number of nitrogens with zero attached hydrogens (tertiary/aromatic N) is 1. The number of hydrogen-bond acceptors (Lipinski definition) is 2. The van der Waals surface area contributed by atoms with Gasteiger partial charge >= 0.3 is 0 Å². The van der Waals surface area contributed by atoms with E-state index in [2.05, 4.69) is 16.7 Å². The highest BCUT2D eigenvalue weighted by atomic mass is 32.1. The van der Waals surface area contributed by atoms with Crippen LogP contribution in [0.2, 0.25) is 0 Å². The second-order valence-corrected chi connectivity index (χ2v) is 6.32. The number of rotatable bonds is 3. The Bertz CT molecular complexity index is 532. The fourth-order valence-electron chi connectivity index (χ4n) is 3.55. The minimum atomic E-state index is 0.452. The summed E-state index contributed by atoms with van der Waals surface area (Å²) >= 11 is 5.40. The van der Waals surface area contributed by atoms with Crippen LogP contribution in [0.25, 0.3) is 0 Å². The molecule has 0 amide bonds. The van der Waals surface area contributed by atoms with Gasteiger partial charge in [-0.2, -0.15) is 5.26 Å². The molecule has 2 N–H and O–H groups in total. The van der Waals surface area contributed by atoms with Gasteiger partial charge in [0.15, 0.2) is 5.11 Å². The highest BCUT2D eigenvalue weighted by molar-refractivity contribution is 7.80. The van der Waals surface area contributed by atoms with Crippen LogP contribution in [0.3, 0.4) is 0 Å². The molecule has 0 aliphatic heterocycles. The van der Waals surface area contributed by atoms with Crippen LogP contribution in [0.15, 0.2) is 24.3 Å². The van der Waals surface area contributed by atoms with Crippen LogP contribution in [0.4, 0.5) is 5.69 Å². The minimum absolute atomic E-state index is 0.452. The van der Waals surface area contributed by atoms with Crippen LogP contribution < -0.4 is 10.6 Å². The largest absolute Gasteiger partial charge is 0.359 e. The zero-order valence-electron chi connectivity index (χ0n) is 11.4. The molecule has 2 aliphatic carbocycles. The lowest BCUT2D eigenvalue weighted by Crippen LogP contribution is -2.40. The molecule has 20 heavy (non-hydrogen) atoms. The van der Waals surface area contributed by atoms with E-state index in [0.29, 0.717) is 12.5 Å². The van der Waals surface area contributed by atoms with Gasteiger partial charge in [0.1, 0.15) is 0 Å². The highest BCUT2D eigenvalue weighted by Crippen LogP contribution is 2.44. The Morgan fingerprint density at radius 1 is 1.25 bits per heavy atom. The van der Waals surface area contributed by atoms with E-state index in [1.165, 1.54) is 25.7 Å². The molecule has 1 aromatic rings. The lowest BCUT2D eigenvalue weighted by molar-refractivity contribution is 0.392. The van der Waals surface area contributed by atoms with Gasteiger partial charge in [-0.15, -0.1) is 0 Å². The van der Waals surface area contributed by atoms with Crippen LogP contribution in [0.5, 0.6) is 0 Å². The molecule has 0 spiro atoms. The van der Waals surface area contributed by atoms with Gasteiger partial charge in [0.2, 0.25) is 0 Å². The normalized spacial score (nSPS) is 27.1. The number of nitrogens with one attached hydrogen (secondary N) is 2. The van der Waals surface area contributed by atoms with E-state index >= 15 is 0 Å². The van der Waals surface area contributed by atoms with Gasteiger partial charge in [0, 0.05) is 11.7 Å². The molecule has 0 heterocycles. The number of fused-ring (bicyclic) bond motifs is 2. The van der Waals surface area contributed by atoms with E-state index in [1.807, 2.05) is 24.3 Å². The van der Waals surface area contributed by atoms with Crippen LogP contribution in [-0.2, 0) is 6.42 Å². The summed E-state index contributed by atoms with van der Waals surface area (Å²) < 4.78 is 0. The van der Waals surface area contributed by atoms with Crippen molar-refractivity contribution < 1.29 is 0 Å². The van der Waals surface area contributed by atoms with E-state index in [1.54, 1.807) is 0 Å². The Morgan fingerprint density at radius 3 is 2.65 bits per heavy atom. The summed E-state index contributed by atoms with van der Waals surface area (Å²) in [5.74, 6) is 1.74. The molecule has 2 bridgehead atoms. The van der Waals surface area contributed by atoms with Crippen molar-refractivity contribution in [2.75, 3.05) is 5.32 Å². The minimum Gasteiger partial charge on any atom is -0.359 e. The molecule has 3 rings (SSSR count). The molecule has 1 aromatic carbocycles. The summed E-state index contributed by atoms with van der Waals surface area (Å²) in [7, 11) is 0. The SMILES string of the molecule is N#CCc1ccc(NC(=S)NC2CC3CCC2C3)cc1. The van der Waals surface area contributed by atoms with Crippen molar-refractivity contribution in [1.82, 2.24) is 5.32 Å². The van der Waals surface area contributed by atoms with Gasteiger partial charge < -0.3 is 10.6 Å². The summed E-state index contributed by atoms with van der Waals surface area (Å²) in [6.45, 7) is 0. The molecule has 3 atom stereocenters. The predicted molar refractivity (Wildman–Crippen MR) is 84.4 cm³/mol. The third-order valence-electron chi connectivity index (χ3n) is 4.55. The fraction of sp³-hybridized carbons (Fsp3) is 0.500. The third kappa shape index (κ3) is 2.94. The molecule has 3 nitrogen and oxygen atoms in total. The number of benzene rings is 1. The van der Waals surface area contributed by atoms with Gasteiger partial charge in [-0.25, -0.2) is 0 Å². The second-order valence-electron chi connectivity index (χ2n) is 5.91. The average Bonchev–Trinajstić information content (AvgIpc) is 3.03. The molecule has 0 aromatic heterocycles. The Kier molecular flexibility index (Phi) is 3.88. The van der Waals surface area contributed by atoms with Crippen molar-refractivity contribution in [2.24, 2.45) is 11.8 Å². The third-order valence-corrected chi connectivity index (χ3v) is 4.77. The van der Waals surface area contributed by atoms with Crippen molar-refractivity contribution in [1.29, 1.82) is 5.26 Å². The molecular weight excluding hydrogens is 266 g/mol. The van der Waals surface area contributed by atoms with Crippen molar-refractivity contribution in [3.8, 4) is 6.07 Å². The molecular formula is C16H19N3S. The lowest BCUT2D eigenvalue weighted by atomic mass is 9.96. The van der Waals surface area contributed by atoms with E-state index in [9.17, 15) is 0 Å². The molecule has 3 unspecified atom stereocenters. The van der Waals surface area contributed by atoms with Gasteiger partial charge in [0.05, 0.1) is 12.5 Å². The molecule has 0 saturated heterocycles. The topological polar surface area (TPSA) is 47.9 Å². The van der Waals surface area contributed by atoms with Crippen molar-refractivity contribution in [2.45, 2.75) is 38.1 Å². The lowest BCUT2D eigenvalue weighted by Gasteiger charge is -2.24. The van der Waals surface area contributed by atoms with Crippen molar-refractivity contribution in [3.05, 3.63) is 29.8 Å². The number of hydrogen-bond donors (Lipinski definition) is 2. The first-order valence-electron chi connectivity index (χ1n) is 7.28. The maximum Gasteiger partial charge on any atom is 0.171 e. The van der Waals surface area contributed by atoms with Gasteiger partial charge in [-0.3, -0.25) is 0 Å². The highest BCUT2D eigenvalue weighted by Gasteiger charge is 2.39. The number of nitriles is 1. The zero-order chi connectivity index (χ0) is 13.9. The number of anilines is 1. The van der Waals surface area contributed by atoms with Gasteiger partial charge in [0.25, 0.3) is 0 Å². The monoisotopic (exact) mass is 285 g/mol. The van der Waals surface area contributed by atoms with Crippen LogP contribution in [-0.4, -0.2) is 11.2 Å². The summed E-state index contributed by atoms with van der Waals surface area (Å²) in [6, 6.07) is 10.6. The molecule has 4 heteroatoms. The standard InChI is InChI=1S/C16H19N3S/c17-8-7-11-2-5-14(6-3-11)18-16(20)19-15-10-12-1-4-13(15)9-12/h2-3,5-6,12-13,15H,1,4,7,9-10H2,(H2,18,19,20). The Hall–Kier alpha value is -1.60. The summed E-state index contributed by atoms with van der Waals surface area (Å²) in [5.41, 5.74) is 2.01. The fourth-order valence-corrected chi connectivity index (χ4v) is 3.82. The molecule has 0 radical (unpaired) electrons. The summed E-state index contributed by atoms with van der Waals surface area (Å²) in [6.07, 6.45) is 5.86. The first-order valence-corrected chi connectivity index (χ1v) is 7.69. The Balaban J connectivity index is 1.52. The predicted octanol–water partition coefficient (Wildman–Crippen LogP) is 3.23. The number of thiocarbonyl (C=S) groups is 1. The van der Waals surface area contributed by atoms with E-state index < -0.39 is 0 Å². The zero-order valence-corrected chi connectivity index (χ0v) is 12.2. The van der Waals surface area contributed by atoms with E-state index in [0.717, 1.165) is 28.2 Å². The first-order chi connectivity index (χ1) is 9.74. The molecule has 2 saturated carbocycles. The molecule has 2 fully saturated rings. The van der Waals surface area contributed by atoms with Crippen molar-refractivity contribution in [3.63, 3.8) is 0 Å². The molecule has 2 aliphatic rings. The quantitative estimate of drug-likeness (QED) is 0.837. The Morgan fingerprint density at radius 2 is 2.05 bits per heavy atom. The summed E-state index contributed by atoms with van der Waals surface area (Å²) in [4.78, 5) is 0. The van der Waals surface area contributed by atoms with Crippen LogP contribution in [0, 0.1) is 23.2 Å². The van der Waals surface area contributed by atoms with E-state index in [-0.39, 0.29) is 0 Å². The molecule has 104 valence electrons. The summed E-state index contributed by atoms with van der Waals surface area (Å²) in [5, 5.41) is 16.1. The maximum absolute atomic E-state index is 8.65. The maximum atomic E-state index is 8.65. The average molecular weight is 285 g/mol.